The third-order valence-corrected chi connectivity index (χ3v) is 5.12. The van der Waals surface area contributed by atoms with Crippen LogP contribution in [0.1, 0.15) is 72.6 Å². The van der Waals surface area contributed by atoms with E-state index in [2.05, 4.69) is 31.0 Å². The van der Waals surface area contributed by atoms with E-state index in [-0.39, 0.29) is 0 Å². The summed E-state index contributed by atoms with van der Waals surface area (Å²) in [6.45, 7) is 10.4. The second-order valence-corrected chi connectivity index (χ2v) is 6.64. The summed E-state index contributed by atoms with van der Waals surface area (Å²) in [5.74, 6) is -0.696. The Kier molecular flexibility index (Phi) is 7.67. The topological polar surface area (TPSA) is 52.6 Å². The lowest BCUT2D eigenvalue weighted by Gasteiger charge is -2.40. The summed E-state index contributed by atoms with van der Waals surface area (Å²) in [6.07, 6.45) is 7.15. The number of likely N-dealkylation sites (tertiary alicyclic amines) is 1. The van der Waals surface area contributed by atoms with Crippen LogP contribution in [0, 0.1) is 0 Å². The van der Waals surface area contributed by atoms with Crippen LogP contribution in [0.3, 0.4) is 0 Å². The molecule has 1 rings (SSSR count). The summed E-state index contributed by atoms with van der Waals surface area (Å²) in [4.78, 5) is 14.3. The van der Waals surface area contributed by atoms with Gasteiger partial charge in [0.2, 0.25) is 0 Å². The Morgan fingerprint density at radius 3 is 2.38 bits per heavy atom. The molecule has 1 aliphatic rings. The van der Waals surface area contributed by atoms with Crippen molar-refractivity contribution in [2.45, 2.75) is 90.3 Å². The highest BCUT2D eigenvalue weighted by atomic mass is 16.4. The fourth-order valence-electron chi connectivity index (χ4n) is 3.57. The van der Waals surface area contributed by atoms with Crippen molar-refractivity contribution in [3.63, 3.8) is 0 Å². The van der Waals surface area contributed by atoms with Crippen LogP contribution in [0.25, 0.3) is 0 Å². The molecule has 4 heteroatoms. The summed E-state index contributed by atoms with van der Waals surface area (Å²) in [7, 11) is 0. The third kappa shape index (κ3) is 4.96. The summed E-state index contributed by atoms with van der Waals surface area (Å²) < 4.78 is 0. The molecular weight excluding hydrogens is 264 g/mol. The van der Waals surface area contributed by atoms with Gasteiger partial charge in [-0.2, -0.15) is 0 Å². The molecule has 0 saturated carbocycles. The molecule has 1 unspecified atom stereocenters. The van der Waals surface area contributed by atoms with Crippen LogP contribution in [-0.4, -0.2) is 46.7 Å². The minimum absolute atomic E-state index is 0.637. The monoisotopic (exact) mass is 298 g/mol. The molecule has 1 heterocycles. The standard InChI is InChI=1S/C17H34N2O2/c1-5-12-18-17(6-2,16(20)21)11-8-13-19-14(3)9-7-10-15(19)4/h14-15,18H,5-13H2,1-4H3,(H,20,21)/t14-,15+,17?. The highest BCUT2D eigenvalue weighted by molar-refractivity contribution is 5.78. The lowest BCUT2D eigenvalue weighted by atomic mass is 9.89. The summed E-state index contributed by atoms with van der Waals surface area (Å²) in [5, 5.41) is 12.9. The molecule has 1 aliphatic heterocycles. The van der Waals surface area contributed by atoms with Crippen LogP contribution in [0.4, 0.5) is 0 Å². The van der Waals surface area contributed by atoms with Crippen LogP contribution in [0.2, 0.25) is 0 Å². The average Bonchev–Trinajstić information content (AvgIpc) is 2.45. The molecule has 0 aromatic rings. The van der Waals surface area contributed by atoms with Crippen molar-refractivity contribution in [2.75, 3.05) is 13.1 Å². The average molecular weight is 298 g/mol. The zero-order valence-electron chi connectivity index (χ0n) is 14.3. The molecule has 1 fully saturated rings. The molecule has 124 valence electrons. The van der Waals surface area contributed by atoms with E-state index in [0.29, 0.717) is 18.5 Å². The van der Waals surface area contributed by atoms with Gasteiger partial charge < -0.3 is 10.4 Å². The Morgan fingerprint density at radius 2 is 1.90 bits per heavy atom. The number of nitrogens with one attached hydrogen (secondary N) is 1. The van der Waals surface area contributed by atoms with Crippen molar-refractivity contribution in [3.05, 3.63) is 0 Å². The number of hydrogen-bond donors (Lipinski definition) is 2. The number of nitrogens with zero attached hydrogens (tertiary/aromatic N) is 1. The van der Waals surface area contributed by atoms with Crippen LogP contribution in [0.5, 0.6) is 0 Å². The first kappa shape index (κ1) is 18.4. The van der Waals surface area contributed by atoms with Crippen molar-refractivity contribution in [1.29, 1.82) is 0 Å². The van der Waals surface area contributed by atoms with Crippen LogP contribution >= 0.6 is 0 Å². The Balaban J connectivity index is 2.54. The lowest BCUT2D eigenvalue weighted by Crippen LogP contribution is -2.52. The first-order chi connectivity index (χ1) is 9.96. The van der Waals surface area contributed by atoms with Gasteiger partial charge in [-0.05, 0) is 65.5 Å². The molecule has 4 nitrogen and oxygen atoms in total. The summed E-state index contributed by atoms with van der Waals surface area (Å²) in [5.41, 5.74) is -0.738. The van der Waals surface area contributed by atoms with Crippen LogP contribution < -0.4 is 5.32 Å². The van der Waals surface area contributed by atoms with Gasteiger partial charge in [0.25, 0.3) is 0 Å². The molecule has 1 saturated heterocycles. The number of carboxylic acids is 1. The maximum absolute atomic E-state index is 11.7. The van der Waals surface area contributed by atoms with E-state index in [9.17, 15) is 9.90 Å². The zero-order chi connectivity index (χ0) is 15.9. The summed E-state index contributed by atoms with van der Waals surface area (Å²) >= 11 is 0. The zero-order valence-corrected chi connectivity index (χ0v) is 14.3. The van der Waals surface area contributed by atoms with Crippen LogP contribution in [-0.2, 0) is 4.79 Å². The van der Waals surface area contributed by atoms with Crippen molar-refractivity contribution >= 4 is 5.97 Å². The molecule has 0 amide bonds. The smallest absolute Gasteiger partial charge is 0.323 e. The van der Waals surface area contributed by atoms with Crippen molar-refractivity contribution in [2.24, 2.45) is 0 Å². The minimum atomic E-state index is -0.738. The Hall–Kier alpha value is -0.610. The molecule has 2 N–H and O–H groups in total. The number of aliphatic carboxylic acids is 1. The maximum Gasteiger partial charge on any atom is 0.323 e. The van der Waals surface area contributed by atoms with Crippen molar-refractivity contribution < 1.29 is 9.90 Å². The second-order valence-electron chi connectivity index (χ2n) is 6.64. The highest BCUT2D eigenvalue weighted by Crippen LogP contribution is 2.24. The normalized spacial score (nSPS) is 26.5. The van der Waals surface area contributed by atoms with E-state index in [1.165, 1.54) is 19.3 Å². The first-order valence-corrected chi connectivity index (χ1v) is 8.71. The van der Waals surface area contributed by atoms with Crippen molar-refractivity contribution in [3.8, 4) is 0 Å². The van der Waals surface area contributed by atoms with Gasteiger partial charge in [-0.15, -0.1) is 0 Å². The fraction of sp³-hybridized carbons (Fsp3) is 0.941. The molecule has 0 spiro atoms. The number of piperidine rings is 1. The van der Waals surface area contributed by atoms with Gasteiger partial charge in [0.1, 0.15) is 5.54 Å². The van der Waals surface area contributed by atoms with Gasteiger partial charge >= 0.3 is 5.97 Å². The SMILES string of the molecule is CCCNC(CC)(CCCN1[C@H](C)CCC[C@@H]1C)C(=O)O. The molecule has 0 aliphatic carbocycles. The van der Waals surface area contributed by atoms with Gasteiger partial charge in [0.05, 0.1) is 0 Å². The van der Waals surface area contributed by atoms with Gasteiger partial charge in [0.15, 0.2) is 0 Å². The summed E-state index contributed by atoms with van der Waals surface area (Å²) in [6, 6.07) is 1.27. The Morgan fingerprint density at radius 1 is 1.29 bits per heavy atom. The predicted octanol–water partition coefficient (Wildman–Crippen LogP) is 3.26. The molecule has 0 bridgehead atoms. The van der Waals surface area contributed by atoms with Gasteiger partial charge in [-0.25, -0.2) is 0 Å². The van der Waals surface area contributed by atoms with E-state index in [1.54, 1.807) is 0 Å². The molecular formula is C17H34N2O2. The van der Waals surface area contributed by atoms with Gasteiger partial charge in [-0.1, -0.05) is 20.3 Å². The molecule has 3 atom stereocenters. The van der Waals surface area contributed by atoms with Crippen molar-refractivity contribution in [1.82, 2.24) is 10.2 Å². The van der Waals surface area contributed by atoms with E-state index in [4.69, 9.17) is 0 Å². The number of carbonyl (C=O) groups is 1. The molecule has 0 radical (unpaired) electrons. The second kappa shape index (κ2) is 8.74. The van der Waals surface area contributed by atoms with Gasteiger partial charge in [0, 0.05) is 12.1 Å². The fourth-order valence-corrected chi connectivity index (χ4v) is 3.57. The number of hydrogen-bond acceptors (Lipinski definition) is 3. The van der Waals surface area contributed by atoms with E-state index in [0.717, 1.165) is 32.4 Å². The largest absolute Gasteiger partial charge is 0.480 e. The number of carboxylic acid groups (broad SMARTS) is 1. The molecule has 0 aromatic carbocycles. The minimum Gasteiger partial charge on any atom is -0.480 e. The molecule has 0 aromatic heterocycles. The quantitative estimate of drug-likeness (QED) is 0.686. The Labute approximate surface area is 130 Å². The Bertz CT molecular complexity index is 312. The first-order valence-electron chi connectivity index (χ1n) is 8.71. The van der Waals surface area contributed by atoms with E-state index in [1.807, 2.05) is 6.92 Å². The van der Waals surface area contributed by atoms with E-state index >= 15 is 0 Å². The van der Waals surface area contributed by atoms with Gasteiger partial charge in [-0.3, -0.25) is 9.69 Å². The third-order valence-electron chi connectivity index (χ3n) is 5.12. The number of rotatable bonds is 9. The highest BCUT2D eigenvalue weighted by Gasteiger charge is 2.35. The lowest BCUT2D eigenvalue weighted by molar-refractivity contribution is -0.145. The van der Waals surface area contributed by atoms with E-state index < -0.39 is 11.5 Å². The van der Waals surface area contributed by atoms with Crippen LogP contribution in [0.15, 0.2) is 0 Å². The maximum atomic E-state index is 11.7. The predicted molar refractivity (Wildman–Crippen MR) is 87.7 cm³/mol. The molecule has 21 heavy (non-hydrogen) atoms.